The normalized spacial score (nSPS) is 17.8. The molecule has 102 valence electrons. The molecule has 20 heavy (non-hydrogen) atoms. The molecule has 3 rings (SSSR count). The number of benzene rings is 1. The monoisotopic (exact) mass is 287 g/mol. The molecule has 1 aromatic carbocycles. The number of para-hydroxylation sites is 1. The van der Waals surface area contributed by atoms with Crippen LogP contribution in [0, 0.1) is 0 Å². The largest absolute Gasteiger partial charge is 0.376 e. The van der Waals surface area contributed by atoms with Crippen molar-refractivity contribution in [2.75, 3.05) is 17.3 Å². The number of nitrogens with one attached hydrogen (secondary N) is 1. The van der Waals surface area contributed by atoms with E-state index in [4.69, 9.17) is 11.6 Å². The average Bonchev–Trinajstić information content (AvgIpc) is 2.47. The maximum absolute atomic E-state index is 12.1. The second-order valence-electron chi connectivity index (χ2n) is 4.78. The van der Waals surface area contributed by atoms with Crippen LogP contribution < -0.4 is 10.2 Å². The number of nitrogens with zero attached hydrogens (tertiary/aromatic N) is 2. The van der Waals surface area contributed by atoms with Gasteiger partial charge in [0.15, 0.2) is 0 Å². The summed E-state index contributed by atoms with van der Waals surface area (Å²) in [5.74, 6) is 0.100. The second-order valence-corrected chi connectivity index (χ2v) is 5.17. The number of hydrogen-bond acceptors (Lipinski definition) is 3. The molecule has 1 aromatic heterocycles. The van der Waals surface area contributed by atoms with Crippen molar-refractivity contribution in [1.29, 1.82) is 0 Å². The third kappa shape index (κ3) is 2.34. The summed E-state index contributed by atoms with van der Waals surface area (Å²) in [6.45, 7) is 0. The van der Waals surface area contributed by atoms with Crippen molar-refractivity contribution < 1.29 is 4.79 Å². The Hall–Kier alpha value is -2.07. The van der Waals surface area contributed by atoms with Crippen LogP contribution in [0.4, 0.5) is 11.4 Å². The lowest BCUT2D eigenvalue weighted by molar-refractivity contribution is -0.118. The minimum absolute atomic E-state index is 0.0436. The Kier molecular flexibility index (Phi) is 3.32. The predicted octanol–water partition coefficient (Wildman–Crippen LogP) is 3.25. The topological polar surface area (TPSA) is 45.2 Å². The van der Waals surface area contributed by atoms with Crippen LogP contribution in [-0.2, 0) is 4.79 Å². The van der Waals surface area contributed by atoms with Crippen molar-refractivity contribution in [2.45, 2.75) is 12.5 Å². The number of carbonyl (C=O) groups excluding carboxylic acids is 1. The molecule has 0 saturated carbocycles. The van der Waals surface area contributed by atoms with E-state index in [2.05, 4.69) is 10.3 Å². The fraction of sp³-hybridized carbons (Fsp3) is 0.200. The van der Waals surface area contributed by atoms with Crippen LogP contribution in [0.25, 0.3) is 0 Å². The lowest BCUT2D eigenvalue weighted by Gasteiger charge is -2.32. The maximum Gasteiger partial charge on any atom is 0.229 e. The van der Waals surface area contributed by atoms with Crippen LogP contribution >= 0.6 is 11.6 Å². The molecule has 0 fully saturated rings. The number of aromatic nitrogens is 1. The highest BCUT2D eigenvalue weighted by atomic mass is 35.5. The number of rotatable bonds is 2. The van der Waals surface area contributed by atoms with Crippen molar-refractivity contribution in [2.24, 2.45) is 0 Å². The molecule has 1 N–H and O–H groups in total. The summed E-state index contributed by atoms with van der Waals surface area (Å²) in [5.41, 5.74) is 2.92. The van der Waals surface area contributed by atoms with Crippen LogP contribution in [0.5, 0.6) is 0 Å². The van der Waals surface area contributed by atoms with Crippen molar-refractivity contribution in [3.8, 4) is 0 Å². The molecular weight excluding hydrogens is 274 g/mol. The predicted molar refractivity (Wildman–Crippen MR) is 80.1 cm³/mol. The molecule has 0 saturated heterocycles. The minimum Gasteiger partial charge on any atom is -0.376 e. The number of hydrogen-bond donors (Lipinski definition) is 1. The highest BCUT2D eigenvalue weighted by molar-refractivity contribution is 6.29. The summed E-state index contributed by atoms with van der Waals surface area (Å²) in [4.78, 5) is 17.8. The standard InChI is InChI=1S/C15H14ClN3O/c1-19-13-5-3-2-4-11(13)12(8-15(19)20)18-10-6-7-14(16)17-9-10/h2-7,9,12,18H,8H2,1H3. The first-order chi connectivity index (χ1) is 9.65. The maximum atomic E-state index is 12.1. The first kappa shape index (κ1) is 12.9. The molecular formula is C15H14ClN3O. The number of fused-ring (bicyclic) bond motifs is 1. The summed E-state index contributed by atoms with van der Waals surface area (Å²) >= 11 is 5.78. The third-order valence-corrected chi connectivity index (χ3v) is 3.72. The fourth-order valence-electron chi connectivity index (χ4n) is 2.43. The van der Waals surface area contributed by atoms with Gasteiger partial charge in [0, 0.05) is 12.7 Å². The second kappa shape index (κ2) is 5.13. The molecule has 0 spiro atoms. The van der Waals surface area contributed by atoms with Crippen LogP contribution in [0.1, 0.15) is 18.0 Å². The molecule has 1 amide bonds. The Bertz CT molecular complexity index is 642. The van der Waals surface area contributed by atoms with Gasteiger partial charge in [0.25, 0.3) is 0 Å². The zero-order valence-electron chi connectivity index (χ0n) is 11.0. The van der Waals surface area contributed by atoms with Gasteiger partial charge in [-0.2, -0.15) is 0 Å². The van der Waals surface area contributed by atoms with Gasteiger partial charge in [-0.15, -0.1) is 0 Å². The number of amides is 1. The zero-order chi connectivity index (χ0) is 14.1. The lowest BCUT2D eigenvalue weighted by Crippen LogP contribution is -2.35. The van der Waals surface area contributed by atoms with Crippen molar-refractivity contribution in [3.05, 3.63) is 53.3 Å². The SMILES string of the molecule is CN1C(=O)CC(Nc2ccc(Cl)nc2)c2ccccc21. The number of pyridine rings is 1. The number of halogens is 1. The third-order valence-electron chi connectivity index (χ3n) is 3.49. The first-order valence-corrected chi connectivity index (χ1v) is 6.76. The molecule has 5 heteroatoms. The van der Waals surface area contributed by atoms with E-state index in [0.29, 0.717) is 11.6 Å². The van der Waals surface area contributed by atoms with Gasteiger partial charge in [0.1, 0.15) is 5.15 Å². The van der Waals surface area contributed by atoms with E-state index in [1.807, 2.05) is 30.3 Å². The Morgan fingerprint density at radius 3 is 2.85 bits per heavy atom. The van der Waals surface area contributed by atoms with Gasteiger partial charge in [-0.05, 0) is 23.8 Å². The molecule has 0 radical (unpaired) electrons. The smallest absolute Gasteiger partial charge is 0.229 e. The van der Waals surface area contributed by atoms with E-state index < -0.39 is 0 Å². The highest BCUT2D eigenvalue weighted by Crippen LogP contribution is 2.35. The Labute approximate surface area is 122 Å². The van der Waals surface area contributed by atoms with Crippen LogP contribution in [0.2, 0.25) is 5.15 Å². The molecule has 0 aliphatic carbocycles. The average molecular weight is 288 g/mol. The first-order valence-electron chi connectivity index (χ1n) is 6.39. The molecule has 1 aliphatic heterocycles. The zero-order valence-corrected chi connectivity index (χ0v) is 11.8. The van der Waals surface area contributed by atoms with Gasteiger partial charge in [-0.3, -0.25) is 4.79 Å². The lowest BCUT2D eigenvalue weighted by atomic mass is 9.96. The van der Waals surface area contributed by atoms with Gasteiger partial charge in [-0.1, -0.05) is 29.8 Å². The summed E-state index contributed by atoms with van der Waals surface area (Å²) in [5, 5.41) is 3.80. The number of anilines is 2. The Morgan fingerprint density at radius 2 is 2.10 bits per heavy atom. The van der Waals surface area contributed by atoms with Gasteiger partial charge in [0.2, 0.25) is 5.91 Å². The fourth-order valence-corrected chi connectivity index (χ4v) is 2.55. The minimum atomic E-state index is -0.0436. The van der Waals surface area contributed by atoms with E-state index in [1.54, 1.807) is 24.2 Å². The summed E-state index contributed by atoms with van der Waals surface area (Å²) < 4.78 is 0. The van der Waals surface area contributed by atoms with Crippen LogP contribution in [-0.4, -0.2) is 17.9 Å². The van der Waals surface area contributed by atoms with Crippen molar-refractivity contribution >= 4 is 28.9 Å². The summed E-state index contributed by atoms with van der Waals surface area (Å²) in [6.07, 6.45) is 2.10. The molecule has 4 nitrogen and oxygen atoms in total. The van der Waals surface area contributed by atoms with Crippen LogP contribution in [0.3, 0.4) is 0 Å². The van der Waals surface area contributed by atoms with E-state index in [9.17, 15) is 4.79 Å². The molecule has 2 aromatic rings. The molecule has 1 atom stereocenters. The van der Waals surface area contributed by atoms with Crippen LogP contribution in [0.15, 0.2) is 42.6 Å². The molecule has 2 heterocycles. The summed E-state index contributed by atoms with van der Waals surface area (Å²) in [6, 6.07) is 11.5. The van der Waals surface area contributed by atoms with Crippen molar-refractivity contribution in [1.82, 2.24) is 4.98 Å². The summed E-state index contributed by atoms with van der Waals surface area (Å²) in [7, 11) is 1.81. The molecule has 0 bridgehead atoms. The van der Waals surface area contributed by atoms with E-state index in [-0.39, 0.29) is 11.9 Å². The molecule has 1 unspecified atom stereocenters. The highest BCUT2D eigenvalue weighted by Gasteiger charge is 2.28. The van der Waals surface area contributed by atoms with E-state index in [0.717, 1.165) is 16.9 Å². The molecule has 1 aliphatic rings. The van der Waals surface area contributed by atoms with Gasteiger partial charge in [-0.25, -0.2) is 4.98 Å². The van der Waals surface area contributed by atoms with Gasteiger partial charge >= 0.3 is 0 Å². The van der Waals surface area contributed by atoms with E-state index >= 15 is 0 Å². The number of carbonyl (C=O) groups is 1. The quantitative estimate of drug-likeness (QED) is 0.863. The van der Waals surface area contributed by atoms with Crippen molar-refractivity contribution in [3.63, 3.8) is 0 Å². The van der Waals surface area contributed by atoms with E-state index in [1.165, 1.54) is 0 Å². The Balaban J connectivity index is 1.92. The van der Waals surface area contributed by atoms with Gasteiger partial charge in [0.05, 0.1) is 24.3 Å². The van der Waals surface area contributed by atoms with Gasteiger partial charge < -0.3 is 10.2 Å². The Morgan fingerprint density at radius 1 is 1.30 bits per heavy atom.